The van der Waals surface area contributed by atoms with Crippen molar-refractivity contribution in [3.05, 3.63) is 48.5 Å². The van der Waals surface area contributed by atoms with Crippen LogP contribution in [-0.2, 0) is 0 Å². The predicted molar refractivity (Wildman–Crippen MR) is 73.6 cm³/mol. The number of nitrogens with zero attached hydrogens (tertiary/aromatic N) is 3. The van der Waals surface area contributed by atoms with Gasteiger partial charge in [0, 0.05) is 5.56 Å². The van der Waals surface area contributed by atoms with E-state index in [1.165, 1.54) is 12.7 Å². The highest BCUT2D eigenvalue weighted by atomic mass is 15.0. The minimum atomic E-state index is 0.121. The van der Waals surface area contributed by atoms with Crippen molar-refractivity contribution in [1.82, 2.24) is 19.9 Å². The molecule has 0 saturated carbocycles. The van der Waals surface area contributed by atoms with Crippen molar-refractivity contribution >= 4 is 22.8 Å². The van der Waals surface area contributed by atoms with Crippen LogP contribution >= 0.6 is 0 Å². The Labute approximate surface area is 109 Å². The largest absolute Gasteiger partial charge is 0.384 e. The summed E-state index contributed by atoms with van der Waals surface area (Å²) in [5.74, 6) is 0.554. The number of aromatic amines is 1. The van der Waals surface area contributed by atoms with Crippen LogP contribution in [0.15, 0.2) is 43.0 Å². The van der Waals surface area contributed by atoms with Crippen molar-refractivity contribution in [2.75, 3.05) is 5.73 Å². The molecule has 19 heavy (non-hydrogen) atoms. The van der Waals surface area contributed by atoms with Crippen molar-refractivity contribution in [2.24, 2.45) is 5.73 Å². The first-order valence-corrected chi connectivity index (χ1v) is 5.47. The lowest BCUT2D eigenvalue weighted by Crippen LogP contribution is -2.10. The van der Waals surface area contributed by atoms with E-state index in [0.29, 0.717) is 17.0 Å². The number of hydrogen-bond acceptors (Lipinski definition) is 5. The molecule has 7 heteroatoms. The van der Waals surface area contributed by atoms with Gasteiger partial charge in [0.1, 0.15) is 17.7 Å². The SMILES string of the molecule is N=C(N)c1ccccc1.Nc1ncnc2nc[nH]c12. The van der Waals surface area contributed by atoms with Gasteiger partial charge >= 0.3 is 0 Å². The summed E-state index contributed by atoms with van der Waals surface area (Å²) in [5, 5.41) is 7.01. The Kier molecular flexibility index (Phi) is 3.67. The van der Waals surface area contributed by atoms with Gasteiger partial charge in [-0.1, -0.05) is 30.3 Å². The van der Waals surface area contributed by atoms with Crippen molar-refractivity contribution in [3.63, 3.8) is 0 Å². The summed E-state index contributed by atoms with van der Waals surface area (Å²) in [6.07, 6.45) is 2.92. The lowest BCUT2D eigenvalue weighted by molar-refractivity contribution is 1.21. The van der Waals surface area contributed by atoms with Gasteiger partial charge in [0.05, 0.1) is 6.33 Å². The Morgan fingerprint density at radius 3 is 2.42 bits per heavy atom. The molecule has 0 atom stereocenters. The van der Waals surface area contributed by atoms with E-state index in [2.05, 4.69) is 19.9 Å². The minimum Gasteiger partial charge on any atom is -0.384 e. The fraction of sp³-hybridized carbons (Fsp3) is 0. The Morgan fingerprint density at radius 1 is 1.11 bits per heavy atom. The highest BCUT2D eigenvalue weighted by molar-refractivity contribution is 5.94. The molecular formula is C12H13N7. The van der Waals surface area contributed by atoms with Gasteiger partial charge in [-0.3, -0.25) is 5.41 Å². The number of imidazole rings is 1. The van der Waals surface area contributed by atoms with E-state index in [-0.39, 0.29) is 5.84 Å². The van der Waals surface area contributed by atoms with Crippen LogP contribution in [0.3, 0.4) is 0 Å². The summed E-state index contributed by atoms with van der Waals surface area (Å²) in [5.41, 5.74) is 12.8. The van der Waals surface area contributed by atoms with Crippen LogP contribution in [0.5, 0.6) is 0 Å². The maximum atomic E-state index is 7.01. The first-order valence-electron chi connectivity index (χ1n) is 5.47. The molecular weight excluding hydrogens is 242 g/mol. The standard InChI is InChI=1S/C7H8N2.C5H5N5/c8-7(9)6-4-2-1-3-5-6;6-4-3-5(9-1-7-3)10-2-8-4/h1-5H,(H3,8,9);1-2H,(H3,6,7,8,9,10). The molecule has 0 aliphatic carbocycles. The highest BCUT2D eigenvalue weighted by Gasteiger charge is 1.99. The number of nitrogens with one attached hydrogen (secondary N) is 2. The number of H-pyrrole nitrogens is 1. The smallest absolute Gasteiger partial charge is 0.182 e. The van der Waals surface area contributed by atoms with Gasteiger partial charge in [-0.15, -0.1) is 0 Å². The van der Waals surface area contributed by atoms with Crippen molar-refractivity contribution < 1.29 is 0 Å². The molecule has 96 valence electrons. The van der Waals surface area contributed by atoms with Crippen molar-refractivity contribution in [1.29, 1.82) is 5.41 Å². The van der Waals surface area contributed by atoms with Crippen LogP contribution in [0.2, 0.25) is 0 Å². The number of anilines is 1. The topological polar surface area (TPSA) is 130 Å². The van der Waals surface area contributed by atoms with Crippen LogP contribution < -0.4 is 11.5 Å². The van der Waals surface area contributed by atoms with Gasteiger partial charge in [0.15, 0.2) is 11.5 Å². The Bertz CT molecular complexity index is 675. The molecule has 3 aromatic rings. The average molecular weight is 255 g/mol. The van der Waals surface area contributed by atoms with Crippen LogP contribution in [0.25, 0.3) is 11.2 Å². The molecule has 2 aromatic heterocycles. The third-order valence-corrected chi connectivity index (χ3v) is 2.34. The number of fused-ring (bicyclic) bond motifs is 1. The summed E-state index contributed by atoms with van der Waals surface area (Å²) in [7, 11) is 0. The number of amidine groups is 1. The second-order valence-electron chi connectivity index (χ2n) is 3.64. The van der Waals surface area contributed by atoms with Gasteiger partial charge in [0.2, 0.25) is 0 Å². The first kappa shape index (κ1) is 12.5. The summed E-state index contributed by atoms with van der Waals surface area (Å²) in [6.45, 7) is 0. The Balaban J connectivity index is 0.000000141. The van der Waals surface area contributed by atoms with E-state index in [1.54, 1.807) is 0 Å². The molecule has 0 aliphatic heterocycles. The number of benzene rings is 1. The fourth-order valence-corrected chi connectivity index (χ4v) is 1.40. The molecule has 0 amide bonds. The van der Waals surface area contributed by atoms with Crippen LogP contribution in [0.4, 0.5) is 5.82 Å². The fourth-order valence-electron chi connectivity index (χ4n) is 1.40. The van der Waals surface area contributed by atoms with Crippen LogP contribution in [0, 0.1) is 5.41 Å². The van der Waals surface area contributed by atoms with E-state index in [1.807, 2.05) is 30.3 Å². The number of nitrogens with two attached hydrogens (primary N) is 2. The van der Waals surface area contributed by atoms with Gasteiger partial charge < -0.3 is 16.5 Å². The Hall–Kier alpha value is -2.96. The van der Waals surface area contributed by atoms with Gasteiger partial charge in [-0.05, 0) is 0 Å². The molecule has 0 spiro atoms. The predicted octanol–water partition coefficient (Wildman–Crippen LogP) is 0.906. The van der Waals surface area contributed by atoms with Gasteiger partial charge in [-0.25, -0.2) is 15.0 Å². The second-order valence-corrected chi connectivity index (χ2v) is 3.64. The zero-order chi connectivity index (χ0) is 13.7. The quantitative estimate of drug-likeness (QED) is 0.379. The molecule has 0 radical (unpaired) electrons. The van der Waals surface area contributed by atoms with Crippen LogP contribution in [0.1, 0.15) is 5.56 Å². The van der Waals surface area contributed by atoms with E-state index in [9.17, 15) is 0 Å². The van der Waals surface area contributed by atoms with Crippen molar-refractivity contribution in [3.8, 4) is 0 Å². The lowest BCUT2D eigenvalue weighted by Gasteiger charge is -1.93. The van der Waals surface area contributed by atoms with Crippen LogP contribution in [-0.4, -0.2) is 25.8 Å². The summed E-state index contributed by atoms with van der Waals surface area (Å²) in [4.78, 5) is 14.4. The number of hydrogen-bond donors (Lipinski definition) is 4. The third-order valence-electron chi connectivity index (χ3n) is 2.34. The molecule has 1 aromatic carbocycles. The Morgan fingerprint density at radius 2 is 1.84 bits per heavy atom. The zero-order valence-corrected chi connectivity index (χ0v) is 10.0. The number of rotatable bonds is 1. The zero-order valence-electron chi connectivity index (χ0n) is 10.0. The molecule has 6 N–H and O–H groups in total. The first-order chi connectivity index (χ1) is 9.18. The highest BCUT2D eigenvalue weighted by Crippen LogP contribution is 2.09. The molecule has 2 heterocycles. The van der Waals surface area contributed by atoms with E-state index < -0.39 is 0 Å². The van der Waals surface area contributed by atoms with Crippen molar-refractivity contribution in [2.45, 2.75) is 0 Å². The maximum Gasteiger partial charge on any atom is 0.182 e. The third kappa shape index (κ3) is 3.03. The molecule has 0 aliphatic rings. The minimum absolute atomic E-state index is 0.121. The molecule has 0 unspecified atom stereocenters. The molecule has 0 fully saturated rings. The number of aromatic nitrogens is 4. The summed E-state index contributed by atoms with van der Waals surface area (Å²) in [6, 6.07) is 9.23. The number of nitrogen functional groups attached to an aromatic ring is 2. The van der Waals surface area contributed by atoms with E-state index >= 15 is 0 Å². The van der Waals surface area contributed by atoms with Gasteiger partial charge in [-0.2, -0.15) is 0 Å². The van der Waals surface area contributed by atoms with E-state index in [0.717, 1.165) is 5.56 Å². The maximum absolute atomic E-state index is 7.01. The molecule has 3 rings (SSSR count). The normalized spacial score (nSPS) is 9.68. The summed E-state index contributed by atoms with van der Waals surface area (Å²) >= 11 is 0. The summed E-state index contributed by atoms with van der Waals surface area (Å²) < 4.78 is 0. The average Bonchev–Trinajstić information content (AvgIpc) is 2.90. The second kappa shape index (κ2) is 5.58. The molecule has 0 saturated heterocycles. The van der Waals surface area contributed by atoms with E-state index in [4.69, 9.17) is 16.9 Å². The lowest BCUT2D eigenvalue weighted by atomic mass is 10.2. The molecule has 7 nitrogen and oxygen atoms in total. The molecule has 0 bridgehead atoms. The monoisotopic (exact) mass is 255 g/mol. The van der Waals surface area contributed by atoms with Gasteiger partial charge in [0.25, 0.3) is 0 Å².